The molecule has 7 heteroatoms. The van der Waals surface area contributed by atoms with Crippen molar-refractivity contribution in [3.8, 4) is 11.3 Å². The number of anilines is 2. The van der Waals surface area contributed by atoms with Crippen LogP contribution in [0.5, 0.6) is 0 Å². The lowest BCUT2D eigenvalue weighted by Crippen LogP contribution is -2.21. The van der Waals surface area contributed by atoms with Crippen LogP contribution in [0.4, 0.5) is 11.5 Å². The maximum Gasteiger partial charge on any atom is 0.274 e. The molecule has 0 atom stereocenters. The van der Waals surface area contributed by atoms with Gasteiger partial charge in [-0.25, -0.2) is 15.0 Å². The molecule has 1 amide bonds. The van der Waals surface area contributed by atoms with E-state index in [2.05, 4.69) is 25.2 Å². The number of thiazole rings is 1. The largest absolute Gasteiger partial charge is 0.357 e. The summed E-state index contributed by atoms with van der Waals surface area (Å²) in [6, 6.07) is 9.43. The summed E-state index contributed by atoms with van der Waals surface area (Å²) >= 11 is 1.59. The second-order valence-electron chi connectivity index (χ2n) is 6.21. The third-order valence-corrected chi connectivity index (χ3v) is 5.16. The van der Waals surface area contributed by atoms with Gasteiger partial charge in [0.1, 0.15) is 17.8 Å². The monoisotopic (exact) mass is 365 g/mol. The number of aryl methyl sites for hydroxylation is 1. The van der Waals surface area contributed by atoms with E-state index in [1.54, 1.807) is 17.4 Å². The Hall–Kier alpha value is -2.80. The van der Waals surface area contributed by atoms with Crippen molar-refractivity contribution >= 4 is 28.7 Å². The first kappa shape index (κ1) is 16.7. The van der Waals surface area contributed by atoms with Crippen LogP contribution in [-0.4, -0.2) is 33.9 Å². The minimum Gasteiger partial charge on any atom is -0.357 e. The molecule has 3 heterocycles. The fraction of sp³-hybridized carbons (Fsp3) is 0.263. The lowest BCUT2D eigenvalue weighted by atomic mass is 10.1. The Balaban J connectivity index is 1.58. The molecule has 1 fully saturated rings. The zero-order valence-electron chi connectivity index (χ0n) is 14.5. The van der Waals surface area contributed by atoms with Gasteiger partial charge in [0.05, 0.1) is 16.4 Å². The number of aromatic nitrogens is 3. The highest BCUT2D eigenvalue weighted by Gasteiger charge is 2.17. The fourth-order valence-corrected chi connectivity index (χ4v) is 3.69. The Kier molecular flexibility index (Phi) is 4.62. The van der Waals surface area contributed by atoms with E-state index in [9.17, 15) is 4.79 Å². The van der Waals surface area contributed by atoms with Crippen molar-refractivity contribution in [3.05, 3.63) is 52.7 Å². The Morgan fingerprint density at radius 2 is 2.00 bits per heavy atom. The van der Waals surface area contributed by atoms with Crippen LogP contribution in [0.3, 0.4) is 0 Å². The summed E-state index contributed by atoms with van der Waals surface area (Å²) in [5, 5.41) is 5.96. The molecular formula is C19H19N5OS. The average Bonchev–Trinajstić information content (AvgIpc) is 3.34. The summed E-state index contributed by atoms with van der Waals surface area (Å²) < 4.78 is 0. The molecular weight excluding hydrogens is 346 g/mol. The molecule has 0 radical (unpaired) electrons. The minimum atomic E-state index is -0.243. The summed E-state index contributed by atoms with van der Waals surface area (Å²) in [6.45, 7) is 3.92. The highest BCUT2D eigenvalue weighted by Crippen LogP contribution is 2.29. The first-order valence-corrected chi connectivity index (χ1v) is 9.48. The zero-order chi connectivity index (χ0) is 17.9. The smallest absolute Gasteiger partial charge is 0.274 e. The number of carbonyl (C=O) groups excluding carboxylic acids is 1. The van der Waals surface area contributed by atoms with Crippen LogP contribution < -0.4 is 10.2 Å². The molecule has 0 unspecified atom stereocenters. The number of nitrogens with one attached hydrogen (secondary N) is 1. The van der Waals surface area contributed by atoms with Crippen LogP contribution in [0.2, 0.25) is 0 Å². The number of carbonyl (C=O) groups is 1. The summed E-state index contributed by atoms with van der Waals surface area (Å²) in [6.07, 6.45) is 3.77. The van der Waals surface area contributed by atoms with Gasteiger partial charge in [0.15, 0.2) is 0 Å². The van der Waals surface area contributed by atoms with Gasteiger partial charge in [-0.15, -0.1) is 11.3 Å². The first-order chi connectivity index (χ1) is 12.7. The molecule has 2 aromatic heterocycles. The third-order valence-electron chi connectivity index (χ3n) is 4.39. The van der Waals surface area contributed by atoms with Gasteiger partial charge < -0.3 is 10.2 Å². The molecule has 26 heavy (non-hydrogen) atoms. The Morgan fingerprint density at radius 3 is 2.77 bits per heavy atom. The van der Waals surface area contributed by atoms with E-state index in [0.717, 1.165) is 53.7 Å². The average molecular weight is 365 g/mol. The SMILES string of the molecule is Cc1nc(-c2ccccc2NC(=O)c2cc(N3CCCC3)ncn2)cs1. The van der Waals surface area contributed by atoms with Gasteiger partial charge in [-0.2, -0.15) is 0 Å². The van der Waals surface area contributed by atoms with Gasteiger partial charge in [0.2, 0.25) is 0 Å². The number of hydrogen-bond donors (Lipinski definition) is 1. The normalized spacial score (nSPS) is 13.8. The van der Waals surface area contributed by atoms with Crippen LogP contribution in [-0.2, 0) is 0 Å². The second kappa shape index (κ2) is 7.21. The van der Waals surface area contributed by atoms with Crippen molar-refractivity contribution < 1.29 is 4.79 Å². The maximum atomic E-state index is 12.7. The maximum absolute atomic E-state index is 12.7. The Bertz CT molecular complexity index is 933. The van der Waals surface area contributed by atoms with E-state index < -0.39 is 0 Å². The van der Waals surface area contributed by atoms with Gasteiger partial charge in [0.25, 0.3) is 5.91 Å². The van der Waals surface area contributed by atoms with Crippen molar-refractivity contribution in [2.45, 2.75) is 19.8 Å². The van der Waals surface area contributed by atoms with Crippen LogP contribution in [0.25, 0.3) is 11.3 Å². The summed E-state index contributed by atoms with van der Waals surface area (Å²) in [5.74, 6) is 0.568. The highest BCUT2D eigenvalue weighted by molar-refractivity contribution is 7.09. The van der Waals surface area contributed by atoms with Crippen molar-refractivity contribution in [3.63, 3.8) is 0 Å². The Morgan fingerprint density at radius 1 is 1.19 bits per heavy atom. The number of nitrogens with zero attached hydrogens (tertiary/aromatic N) is 4. The van der Waals surface area contributed by atoms with Gasteiger partial charge in [0, 0.05) is 30.1 Å². The highest BCUT2D eigenvalue weighted by atomic mass is 32.1. The van der Waals surface area contributed by atoms with E-state index in [1.807, 2.05) is 36.6 Å². The number of benzene rings is 1. The number of hydrogen-bond acceptors (Lipinski definition) is 6. The molecule has 0 spiro atoms. The van der Waals surface area contributed by atoms with Crippen molar-refractivity contribution in [1.29, 1.82) is 0 Å². The lowest BCUT2D eigenvalue weighted by Gasteiger charge is -2.16. The quantitative estimate of drug-likeness (QED) is 0.762. The topological polar surface area (TPSA) is 71.0 Å². The van der Waals surface area contributed by atoms with Crippen LogP contribution in [0.1, 0.15) is 28.3 Å². The fourth-order valence-electron chi connectivity index (χ4n) is 3.08. The summed E-state index contributed by atoms with van der Waals surface area (Å²) in [4.78, 5) is 27.9. The molecule has 6 nitrogen and oxygen atoms in total. The van der Waals surface area contributed by atoms with E-state index in [0.29, 0.717) is 5.69 Å². The van der Waals surface area contributed by atoms with E-state index in [-0.39, 0.29) is 5.91 Å². The predicted octanol–water partition coefficient (Wildman–Crippen LogP) is 3.76. The summed E-state index contributed by atoms with van der Waals surface area (Å²) in [5.41, 5.74) is 2.86. The Labute approximate surface area is 155 Å². The third kappa shape index (κ3) is 3.43. The van der Waals surface area contributed by atoms with E-state index >= 15 is 0 Å². The zero-order valence-corrected chi connectivity index (χ0v) is 15.3. The number of amides is 1. The van der Waals surface area contributed by atoms with Crippen LogP contribution >= 0.6 is 11.3 Å². The van der Waals surface area contributed by atoms with E-state index in [1.165, 1.54) is 6.33 Å². The molecule has 4 rings (SSSR count). The van der Waals surface area contributed by atoms with Gasteiger partial charge in [-0.3, -0.25) is 4.79 Å². The molecule has 1 aliphatic heterocycles. The molecule has 1 N–H and O–H groups in total. The van der Waals surface area contributed by atoms with Gasteiger partial charge in [-0.1, -0.05) is 18.2 Å². The lowest BCUT2D eigenvalue weighted by molar-refractivity contribution is 0.102. The van der Waals surface area contributed by atoms with Gasteiger partial charge in [-0.05, 0) is 25.8 Å². The molecule has 1 aromatic carbocycles. The molecule has 0 bridgehead atoms. The second-order valence-corrected chi connectivity index (χ2v) is 7.27. The molecule has 1 aliphatic rings. The number of para-hydroxylation sites is 1. The van der Waals surface area contributed by atoms with E-state index in [4.69, 9.17) is 0 Å². The van der Waals surface area contributed by atoms with Crippen molar-refractivity contribution in [1.82, 2.24) is 15.0 Å². The molecule has 3 aromatic rings. The standard InChI is InChI=1S/C19H19N5OS/c1-13-22-17(11-26-13)14-6-2-3-7-15(14)23-19(25)16-10-18(21-12-20-16)24-8-4-5-9-24/h2-3,6-7,10-12H,4-5,8-9H2,1H3,(H,23,25). The van der Waals surface area contributed by atoms with Crippen molar-refractivity contribution in [2.75, 3.05) is 23.3 Å². The minimum absolute atomic E-state index is 0.243. The molecule has 1 saturated heterocycles. The molecule has 0 aliphatic carbocycles. The van der Waals surface area contributed by atoms with Crippen LogP contribution in [0, 0.1) is 6.92 Å². The van der Waals surface area contributed by atoms with Crippen LogP contribution in [0.15, 0.2) is 42.0 Å². The predicted molar refractivity (Wildman–Crippen MR) is 104 cm³/mol. The van der Waals surface area contributed by atoms with Gasteiger partial charge >= 0.3 is 0 Å². The first-order valence-electron chi connectivity index (χ1n) is 8.60. The summed E-state index contributed by atoms with van der Waals surface area (Å²) in [7, 11) is 0. The van der Waals surface area contributed by atoms with Crippen molar-refractivity contribution in [2.24, 2.45) is 0 Å². The molecule has 132 valence electrons. The molecule has 0 saturated carbocycles. The number of rotatable bonds is 4.